The fourth-order valence-corrected chi connectivity index (χ4v) is 2.88. The molecule has 2 aliphatic rings. The number of anilines is 1. The molecule has 0 bridgehead atoms. The second-order valence-electron chi connectivity index (χ2n) is 5.06. The van der Waals surface area contributed by atoms with Crippen LogP contribution in [0.2, 0.25) is 0 Å². The standard InChI is InChI=1S/C15H19NO/c16-14-3-4-15-12(1-2-13(15)10-14)9-11-5-7-17-8-6-11/h3-4,9-11H,1-2,5-8,16H2. The monoisotopic (exact) mass is 229 g/mol. The highest BCUT2D eigenvalue weighted by atomic mass is 16.5. The topological polar surface area (TPSA) is 35.2 Å². The van der Waals surface area contributed by atoms with E-state index >= 15 is 0 Å². The van der Waals surface area contributed by atoms with Gasteiger partial charge in [0.2, 0.25) is 0 Å². The summed E-state index contributed by atoms with van der Waals surface area (Å²) in [6, 6.07) is 6.32. The summed E-state index contributed by atoms with van der Waals surface area (Å²) in [5.74, 6) is 0.710. The lowest BCUT2D eigenvalue weighted by atomic mass is 9.95. The van der Waals surface area contributed by atoms with Gasteiger partial charge in [-0.25, -0.2) is 0 Å². The van der Waals surface area contributed by atoms with Crippen molar-refractivity contribution in [1.82, 2.24) is 0 Å². The molecule has 1 heterocycles. The number of aryl methyl sites for hydroxylation is 1. The van der Waals surface area contributed by atoms with E-state index in [1.54, 1.807) is 0 Å². The van der Waals surface area contributed by atoms with E-state index in [2.05, 4.69) is 18.2 Å². The van der Waals surface area contributed by atoms with Crippen LogP contribution in [0, 0.1) is 5.92 Å². The summed E-state index contributed by atoms with van der Waals surface area (Å²) in [6.45, 7) is 1.84. The van der Waals surface area contributed by atoms with Crippen LogP contribution in [0.4, 0.5) is 5.69 Å². The largest absolute Gasteiger partial charge is 0.399 e. The van der Waals surface area contributed by atoms with Crippen molar-refractivity contribution in [3.8, 4) is 0 Å². The van der Waals surface area contributed by atoms with Crippen molar-refractivity contribution in [2.75, 3.05) is 18.9 Å². The highest BCUT2D eigenvalue weighted by Crippen LogP contribution is 2.35. The van der Waals surface area contributed by atoms with Crippen LogP contribution in [0.25, 0.3) is 5.57 Å². The molecular formula is C15H19NO. The van der Waals surface area contributed by atoms with Crippen LogP contribution in [-0.2, 0) is 11.2 Å². The zero-order chi connectivity index (χ0) is 11.7. The summed E-state index contributed by atoms with van der Waals surface area (Å²) < 4.78 is 5.40. The quantitative estimate of drug-likeness (QED) is 0.751. The number of nitrogen functional groups attached to an aromatic ring is 1. The molecule has 0 amide bonds. The molecule has 1 saturated heterocycles. The molecule has 0 atom stereocenters. The minimum atomic E-state index is 0.710. The molecule has 2 nitrogen and oxygen atoms in total. The van der Waals surface area contributed by atoms with Gasteiger partial charge >= 0.3 is 0 Å². The Balaban J connectivity index is 1.84. The molecule has 1 aliphatic carbocycles. The Labute approximate surface area is 102 Å². The molecule has 17 heavy (non-hydrogen) atoms. The summed E-state index contributed by atoms with van der Waals surface area (Å²) in [5, 5.41) is 0. The van der Waals surface area contributed by atoms with E-state index in [0.29, 0.717) is 5.92 Å². The zero-order valence-corrected chi connectivity index (χ0v) is 10.1. The van der Waals surface area contributed by atoms with Crippen LogP contribution in [0.5, 0.6) is 0 Å². The lowest BCUT2D eigenvalue weighted by Crippen LogP contribution is -2.13. The molecule has 0 unspecified atom stereocenters. The molecule has 0 aromatic heterocycles. The lowest BCUT2D eigenvalue weighted by Gasteiger charge is -2.19. The maximum absolute atomic E-state index is 5.82. The number of hydrogen-bond acceptors (Lipinski definition) is 2. The maximum Gasteiger partial charge on any atom is 0.0471 e. The van der Waals surface area contributed by atoms with Gasteiger partial charge in [-0.2, -0.15) is 0 Å². The summed E-state index contributed by atoms with van der Waals surface area (Å²) >= 11 is 0. The van der Waals surface area contributed by atoms with Gasteiger partial charge in [-0.15, -0.1) is 0 Å². The Morgan fingerprint density at radius 1 is 1.18 bits per heavy atom. The van der Waals surface area contributed by atoms with E-state index in [1.165, 1.54) is 36.0 Å². The maximum atomic E-state index is 5.82. The first-order chi connectivity index (χ1) is 8.33. The molecular weight excluding hydrogens is 210 g/mol. The van der Waals surface area contributed by atoms with E-state index in [-0.39, 0.29) is 0 Å². The molecule has 1 aromatic carbocycles. The molecule has 1 aromatic rings. The highest BCUT2D eigenvalue weighted by molar-refractivity contribution is 5.74. The third-order valence-corrected chi connectivity index (χ3v) is 3.84. The van der Waals surface area contributed by atoms with Crippen molar-refractivity contribution < 1.29 is 4.74 Å². The minimum absolute atomic E-state index is 0.710. The lowest BCUT2D eigenvalue weighted by molar-refractivity contribution is 0.0786. The van der Waals surface area contributed by atoms with Crippen molar-refractivity contribution >= 4 is 11.3 Å². The van der Waals surface area contributed by atoms with Gasteiger partial charge in [-0.3, -0.25) is 0 Å². The first-order valence-corrected chi connectivity index (χ1v) is 6.50. The predicted molar refractivity (Wildman–Crippen MR) is 70.7 cm³/mol. The van der Waals surface area contributed by atoms with Crippen molar-refractivity contribution in [3.05, 3.63) is 35.4 Å². The van der Waals surface area contributed by atoms with Crippen LogP contribution in [-0.4, -0.2) is 13.2 Å². The van der Waals surface area contributed by atoms with Gasteiger partial charge in [0.25, 0.3) is 0 Å². The van der Waals surface area contributed by atoms with E-state index in [1.807, 2.05) is 6.07 Å². The van der Waals surface area contributed by atoms with E-state index in [0.717, 1.165) is 25.3 Å². The molecule has 0 saturated carbocycles. The fourth-order valence-electron chi connectivity index (χ4n) is 2.88. The molecule has 2 N–H and O–H groups in total. The van der Waals surface area contributed by atoms with Crippen molar-refractivity contribution in [3.63, 3.8) is 0 Å². The summed E-state index contributed by atoms with van der Waals surface area (Å²) in [5.41, 5.74) is 11.1. The molecule has 0 radical (unpaired) electrons. The van der Waals surface area contributed by atoms with Gasteiger partial charge in [-0.1, -0.05) is 12.1 Å². The van der Waals surface area contributed by atoms with Gasteiger partial charge in [-0.05, 0) is 60.4 Å². The van der Waals surface area contributed by atoms with Crippen LogP contribution in [0.3, 0.4) is 0 Å². The second kappa shape index (κ2) is 4.53. The number of hydrogen-bond donors (Lipinski definition) is 1. The number of rotatable bonds is 1. The normalized spacial score (nSPS) is 22.9. The minimum Gasteiger partial charge on any atom is -0.399 e. The number of ether oxygens (including phenoxy) is 1. The van der Waals surface area contributed by atoms with Crippen LogP contribution in [0.1, 0.15) is 30.4 Å². The van der Waals surface area contributed by atoms with Gasteiger partial charge < -0.3 is 10.5 Å². The SMILES string of the molecule is Nc1ccc2c(c1)CCC2=CC1CCOCC1. The predicted octanol–water partition coefficient (Wildman–Crippen LogP) is 3.03. The molecule has 1 aliphatic heterocycles. The number of fused-ring (bicyclic) bond motifs is 1. The van der Waals surface area contributed by atoms with Crippen LogP contribution >= 0.6 is 0 Å². The summed E-state index contributed by atoms with van der Waals surface area (Å²) in [6.07, 6.45) is 7.15. The molecule has 1 fully saturated rings. The van der Waals surface area contributed by atoms with Gasteiger partial charge in [0, 0.05) is 18.9 Å². The van der Waals surface area contributed by atoms with Crippen molar-refractivity contribution in [2.24, 2.45) is 5.92 Å². The molecule has 90 valence electrons. The van der Waals surface area contributed by atoms with Gasteiger partial charge in [0.15, 0.2) is 0 Å². The average molecular weight is 229 g/mol. The van der Waals surface area contributed by atoms with Crippen molar-refractivity contribution in [1.29, 1.82) is 0 Å². The fraction of sp³-hybridized carbons (Fsp3) is 0.467. The molecule has 0 spiro atoms. The first kappa shape index (κ1) is 10.8. The average Bonchev–Trinajstić information content (AvgIpc) is 2.73. The molecule has 3 rings (SSSR count). The smallest absolute Gasteiger partial charge is 0.0471 e. The van der Waals surface area contributed by atoms with E-state index < -0.39 is 0 Å². The highest BCUT2D eigenvalue weighted by Gasteiger charge is 2.19. The Morgan fingerprint density at radius 3 is 2.82 bits per heavy atom. The molecule has 2 heteroatoms. The Kier molecular flexibility index (Phi) is 2.89. The number of allylic oxidation sites excluding steroid dienone is 2. The van der Waals surface area contributed by atoms with Crippen molar-refractivity contribution in [2.45, 2.75) is 25.7 Å². The van der Waals surface area contributed by atoms with Gasteiger partial charge in [0.05, 0.1) is 0 Å². The third-order valence-electron chi connectivity index (χ3n) is 3.84. The second-order valence-corrected chi connectivity index (χ2v) is 5.06. The number of nitrogens with two attached hydrogens (primary N) is 1. The van der Waals surface area contributed by atoms with Crippen LogP contribution in [0.15, 0.2) is 24.3 Å². The third kappa shape index (κ3) is 2.22. The Morgan fingerprint density at radius 2 is 2.00 bits per heavy atom. The van der Waals surface area contributed by atoms with E-state index in [9.17, 15) is 0 Å². The first-order valence-electron chi connectivity index (χ1n) is 6.50. The van der Waals surface area contributed by atoms with Gasteiger partial charge in [0.1, 0.15) is 0 Å². The Bertz CT molecular complexity index is 444. The summed E-state index contributed by atoms with van der Waals surface area (Å²) in [7, 11) is 0. The zero-order valence-electron chi connectivity index (χ0n) is 10.1. The van der Waals surface area contributed by atoms with Crippen LogP contribution < -0.4 is 5.73 Å². The summed E-state index contributed by atoms with van der Waals surface area (Å²) in [4.78, 5) is 0. The number of benzene rings is 1. The van der Waals surface area contributed by atoms with E-state index in [4.69, 9.17) is 10.5 Å². The Hall–Kier alpha value is -1.28.